The minimum absolute atomic E-state index is 0.822. The Morgan fingerprint density at radius 1 is 0.284 bits per heavy atom. The maximum Gasteiger partial charge on any atom is 0.171 e. The second-order valence-corrected chi connectivity index (χ2v) is 27.0. The molecule has 2 aromatic heterocycles. The normalized spacial score (nSPS) is 12.5. The van der Waals surface area contributed by atoms with Crippen molar-refractivity contribution in [3.63, 3.8) is 0 Å². The van der Waals surface area contributed by atoms with Gasteiger partial charge in [0.1, 0.15) is 5.65 Å². The first-order valence-corrected chi connectivity index (χ1v) is 31.0. The summed E-state index contributed by atoms with van der Waals surface area (Å²) in [6.07, 6.45) is 0. The smallest absolute Gasteiger partial charge is 0.171 e. The van der Waals surface area contributed by atoms with Crippen LogP contribution in [0.4, 0.5) is 0 Å². The molecule has 0 saturated carbocycles. The topological polar surface area (TPSA) is 51.4 Å². The third kappa shape index (κ3) is 6.58. The number of hydrogen-bond donors (Lipinski definition) is 0. The number of nitrogens with zero attached hydrogens (tertiary/aromatic N) is 2. The molecule has 17 rings (SSSR count). The summed E-state index contributed by atoms with van der Waals surface area (Å²) in [6.45, 7) is 0. The fourth-order valence-corrected chi connectivity index (χ4v) is 19.4. The molecule has 4 nitrogen and oxygen atoms in total. The Balaban J connectivity index is 0.864. The zero-order chi connectivity index (χ0) is 53.6. The number of benzene rings is 15. The number of para-hydroxylation sites is 2. The summed E-state index contributed by atoms with van der Waals surface area (Å²) in [5.74, 6) is 0. The average molecular weight is 1070 g/mol. The van der Waals surface area contributed by atoms with Crippen molar-refractivity contribution in [2.24, 2.45) is 0 Å². The van der Waals surface area contributed by atoms with E-state index in [-0.39, 0.29) is 0 Å². The summed E-state index contributed by atoms with van der Waals surface area (Å²) in [6, 6.07) is 97.6. The first kappa shape index (κ1) is 46.2. The Labute approximate surface area is 466 Å². The Hall–Kier alpha value is -9.69. The van der Waals surface area contributed by atoms with Gasteiger partial charge in [-0.1, -0.05) is 237 Å². The molecule has 0 fully saturated rings. The first-order valence-electron chi connectivity index (χ1n) is 27.6. The lowest BCUT2D eigenvalue weighted by Crippen LogP contribution is -2.25. The van der Waals surface area contributed by atoms with Crippen LogP contribution in [-0.4, -0.2) is 9.38 Å². The molecule has 0 spiro atoms. The molecule has 0 aliphatic rings. The summed E-state index contributed by atoms with van der Waals surface area (Å²) in [5.41, 5.74) is 8.48. The van der Waals surface area contributed by atoms with E-state index in [0.717, 1.165) is 146 Å². The minimum atomic E-state index is -3.28. The Bertz CT molecular complexity index is 5440. The van der Waals surface area contributed by atoms with Crippen LogP contribution in [0, 0.1) is 0 Å². The summed E-state index contributed by atoms with van der Waals surface area (Å²) >= 11 is 0. The fraction of sp³-hybridized carbons (Fsp3) is 0. The maximum absolute atomic E-state index is 16.0. The van der Waals surface area contributed by atoms with E-state index >= 15 is 9.13 Å². The van der Waals surface area contributed by atoms with Gasteiger partial charge in [-0.25, -0.2) is 4.98 Å². The highest BCUT2D eigenvalue weighted by atomic mass is 31.2. The van der Waals surface area contributed by atoms with Crippen LogP contribution in [0.15, 0.2) is 279 Å². The summed E-state index contributed by atoms with van der Waals surface area (Å²) in [4.78, 5) is 5.39. The van der Waals surface area contributed by atoms with Gasteiger partial charge in [0, 0.05) is 42.6 Å². The van der Waals surface area contributed by atoms with Crippen molar-refractivity contribution in [2.75, 3.05) is 0 Å². The van der Waals surface area contributed by atoms with Crippen LogP contribution >= 0.6 is 14.3 Å². The minimum Gasteiger partial charge on any atom is -0.309 e. The van der Waals surface area contributed by atoms with Crippen molar-refractivity contribution in [2.45, 2.75) is 0 Å². The van der Waals surface area contributed by atoms with Gasteiger partial charge in [-0.2, -0.15) is 0 Å². The van der Waals surface area contributed by atoms with Gasteiger partial charge in [-0.05, 0) is 135 Å². The molecule has 0 radical (unpaired) electrons. The number of aromatic nitrogens is 2. The van der Waals surface area contributed by atoms with Crippen LogP contribution in [0.2, 0.25) is 0 Å². The van der Waals surface area contributed by atoms with Gasteiger partial charge < -0.3 is 9.13 Å². The molecular formula is C75H46N2O2P2. The predicted octanol–water partition coefficient (Wildman–Crippen LogP) is 17.2. The number of hydrogen-bond acceptors (Lipinski definition) is 3. The fourth-order valence-electron chi connectivity index (χ4n) is 13.7. The molecular weight excluding hydrogens is 1020 g/mol. The summed E-state index contributed by atoms with van der Waals surface area (Å²) in [5, 5.41) is 21.8. The van der Waals surface area contributed by atoms with E-state index in [1.807, 2.05) is 121 Å². The third-order valence-electron chi connectivity index (χ3n) is 17.4. The first-order chi connectivity index (χ1) is 39.9. The Kier molecular flexibility index (Phi) is 9.94. The van der Waals surface area contributed by atoms with E-state index in [9.17, 15) is 0 Å². The van der Waals surface area contributed by atoms with Gasteiger partial charge in [0.2, 0.25) is 0 Å². The van der Waals surface area contributed by atoms with Crippen molar-refractivity contribution in [1.82, 2.24) is 9.38 Å². The summed E-state index contributed by atoms with van der Waals surface area (Å²) < 4.78 is 34.3. The quantitative estimate of drug-likeness (QED) is 0.113. The molecule has 0 unspecified atom stereocenters. The van der Waals surface area contributed by atoms with Gasteiger partial charge in [0.05, 0.1) is 16.6 Å². The predicted molar refractivity (Wildman–Crippen MR) is 345 cm³/mol. The highest BCUT2D eigenvalue weighted by Gasteiger charge is 2.34. The number of rotatable bonds is 8. The lowest BCUT2D eigenvalue weighted by molar-refractivity contribution is 0.592. The molecule has 81 heavy (non-hydrogen) atoms. The number of fused-ring (bicyclic) bond motifs is 8. The largest absolute Gasteiger partial charge is 0.309 e. The molecule has 378 valence electrons. The van der Waals surface area contributed by atoms with Crippen molar-refractivity contribution in [3.05, 3.63) is 279 Å². The number of imidazole rings is 1. The van der Waals surface area contributed by atoms with E-state index < -0.39 is 14.3 Å². The Morgan fingerprint density at radius 3 is 1.14 bits per heavy atom. The van der Waals surface area contributed by atoms with Crippen molar-refractivity contribution in [3.8, 4) is 22.3 Å². The van der Waals surface area contributed by atoms with Crippen LogP contribution in [-0.2, 0) is 9.13 Å². The van der Waals surface area contributed by atoms with Gasteiger partial charge >= 0.3 is 0 Å². The Morgan fingerprint density at radius 2 is 0.654 bits per heavy atom. The molecule has 0 atom stereocenters. The van der Waals surface area contributed by atoms with Crippen molar-refractivity contribution >= 4 is 149 Å². The molecule has 0 N–H and O–H groups in total. The van der Waals surface area contributed by atoms with Crippen LogP contribution in [0.1, 0.15) is 0 Å². The zero-order valence-electron chi connectivity index (χ0n) is 43.7. The zero-order valence-corrected chi connectivity index (χ0v) is 45.5. The second-order valence-electron chi connectivity index (χ2n) is 21.6. The van der Waals surface area contributed by atoms with Crippen LogP contribution in [0.5, 0.6) is 0 Å². The van der Waals surface area contributed by atoms with Crippen LogP contribution in [0.25, 0.3) is 125 Å². The lowest BCUT2D eigenvalue weighted by Gasteiger charge is -2.23. The van der Waals surface area contributed by atoms with Gasteiger partial charge in [-0.3, -0.25) is 4.40 Å². The van der Waals surface area contributed by atoms with E-state index in [1.165, 1.54) is 10.8 Å². The molecule has 0 aliphatic carbocycles. The van der Waals surface area contributed by atoms with E-state index in [4.69, 9.17) is 4.98 Å². The lowest BCUT2D eigenvalue weighted by atomic mass is 9.88. The molecule has 0 bridgehead atoms. The third-order valence-corrected chi connectivity index (χ3v) is 23.7. The van der Waals surface area contributed by atoms with Crippen LogP contribution in [0.3, 0.4) is 0 Å². The van der Waals surface area contributed by atoms with Gasteiger partial charge in [0.15, 0.2) is 14.3 Å². The van der Waals surface area contributed by atoms with E-state index in [1.54, 1.807) is 0 Å². The molecule has 17 aromatic rings. The SMILES string of the molecule is O=P(c1ccccc1)(c1ccccc1)c1ccc2ccc3c(-c4ccc5c(c4)c4ccc(-c6ccc7ccc8c(P(=O)(c9ccccc9)c9ccccc9)ccc9ccc6c7c98)cc4c4nc6ccccc6n54)ccc4ccc1c2c43. The molecule has 6 heteroatoms. The summed E-state index contributed by atoms with van der Waals surface area (Å²) in [7, 11) is -6.57. The van der Waals surface area contributed by atoms with Gasteiger partial charge in [0.25, 0.3) is 0 Å². The maximum atomic E-state index is 16.0. The number of pyridine rings is 1. The average Bonchev–Trinajstić information content (AvgIpc) is 4.14. The molecule has 15 aromatic carbocycles. The molecule has 2 heterocycles. The standard InChI is InChI=1S/C75H46N2O2P2/c78-80(53-15-5-1-6-16-53,54-17-7-2-8-18-54)69-43-33-49-27-38-60-57(35-25-47-29-40-62(69)73(49)71(47)60)51-31-37-59-64-45-52(32-42-67(64)77-68-24-14-13-23-66(68)76-75(77)65(59)46-51)58-36-26-48-30-41-63-70(44-34-50-28-39-61(58)72(48)74(50)63)81(79,55-19-9-3-10-20-55)56-21-11-4-12-22-56/h1-46H. The van der Waals surface area contributed by atoms with Crippen LogP contribution < -0.4 is 31.8 Å². The van der Waals surface area contributed by atoms with E-state index in [0.29, 0.717) is 0 Å². The van der Waals surface area contributed by atoms with E-state index in [2.05, 4.69) is 162 Å². The van der Waals surface area contributed by atoms with Crippen molar-refractivity contribution < 1.29 is 9.13 Å². The molecule has 0 aliphatic heterocycles. The molecule has 0 amide bonds. The monoisotopic (exact) mass is 1070 g/mol. The highest BCUT2D eigenvalue weighted by Crippen LogP contribution is 2.50. The van der Waals surface area contributed by atoms with Gasteiger partial charge in [-0.15, -0.1) is 0 Å². The highest BCUT2D eigenvalue weighted by molar-refractivity contribution is 7.86. The molecule has 0 saturated heterocycles. The van der Waals surface area contributed by atoms with Crippen molar-refractivity contribution in [1.29, 1.82) is 0 Å². The second kappa shape index (κ2) is 17.4.